The molecule has 0 aliphatic carbocycles. The Kier molecular flexibility index (Phi) is 7.81. The highest BCUT2D eigenvalue weighted by atomic mass is 32.1. The molecule has 1 fully saturated rings. The van der Waals surface area contributed by atoms with Crippen molar-refractivity contribution in [2.45, 2.75) is 6.42 Å². The van der Waals surface area contributed by atoms with Crippen molar-refractivity contribution in [3.63, 3.8) is 0 Å². The fourth-order valence-electron chi connectivity index (χ4n) is 3.94. The van der Waals surface area contributed by atoms with E-state index in [2.05, 4.69) is 9.88 Å². The van der Waals surface area contributed by atoms with E-state index in [1.54, 1.807) is 29.2 Å². The predicted octanol–water partition coefficient (Wildman–Crippen LogP) is 3.83. The fourth-order valence-corrected chi connectivity index (χ4v) is 4.94. The van der Waals surface area contributed by atoms with E-state index in [9.17, 15) is 9.18 Å². The lowest BCUT2D eigenvalue weighted by Gasteiger charge is -2.28. The monoisotopic (exact) mass is 489 g/mol. The number of benzene rings is 2. The van der Waals surface area contributed by atoms with Gasteiger partial charge in [-0.05, 0) is 30.7 Å². The number of anilines is 1. The summed E-state index contributed by atoms with van der Waals surface area (Å²) in [6, 6.07) is 8.05. The van der Waals surface area contributed by atoms with Crippen molar-refractivity contribution in [1.82, 2.24) is 9.88 Å². The first-order valence-electron chi connectivity index (χ1n) is 11.0. The van der Waals surface area contributed by atoms with Crippen LogP contribution in [0.4, 0.5) is 9.52 Å². The highest BCUT2D eigenvalue weighted by molar-refractivity contribution is 7.22. The van der Waals surface area contributed by atoms with Crippen LogP contribution in [0.2, 0.25) is 0 Å². The molecule has 0 radical (unpaired) electrons. The first kappa shape index (κ1) is 24.2. The van der Waals surface area contributed by atoms with Gasteiger partial charge in [0.25, 0.3) is 5.91 Å². The van der Waals surface area contributed by atoms with Crippen molar-refractivity contribution in [2.75, 3.05) is 65.6 Å². The topological polar surface area (TPSA) is 73.4 Å². The number of morpholine rings is 1. The second-order valence-corrected chi connectivity index (χ2v) is 8.77. The zero-order valence-corrected chi connectivity index (χ0v) is 20.3. The number of nitrogens with zero attached hydrogens (tertiary/aromatic N) is 3. The predicted molar refractivity (Wildman–Crippen MR) is 129 cm³/mol. The molecule has 34 heavy (non-hydrogen) atoms. The molecule has 1 aromatic heterocycles. The lowest BCUT2D eigenvalue weighted by molar-refractivity contribution is 0.0376. The van der Waals surface area contributed by atoms with Gasteiger partial charge >= 0.3 is 0 Å². The molecule has 0 spiro atoms. The Hall–Kier alpha value is -2.95. The third-order valence-corrected chi connectivity index (χ3v) is 6.75. The molecule has 2 heterocycles. The normalized spacial score (nSPS) is 14.2. The van der Waals surface area contributed by atoms with E-state index in [4.69, 9.17) is 18.9 Å². The molecule has 2 aromatic carbocycles. The van der Waals surface area contributed by atoms with Crippen LogP contribution in [0, 0.1) is 5.82 Å². The maximum absolute atomic E-state index is 14.3. The minimum Gasteiger partial charge on any atom is -0.493 e. The summed E-state index contributed by atoms with van der Waals surface area (Å²) in [6.07, 6.45) is 0.731. The minimum absolute atomic E-state index is 0.262. The number of amides is 1. The van der Waals surface area contributed by atoms with Crippen LogP contribution in [0.5, 0.6) is 17.2 Å². The number of para-hydroxylation sites is 1. The van der Waals surface area contributed by atoms with Crippen molar-refractivity contribution in [3.8, 4) is 17.2 Å². The van der Waals surface area contributed by atoms with E-state index in [-0.39, 0.29) is 11.4 Å². The van der Waals surface area contributed by atoms with Crippen LogP contribution >= 0.6 is 11.3 Å². The highest BCUT2D eigenvalue weighted by Gasteiger charge is 2.25. The third-order valence-electron chi connectivity index (χ3n) is 5.71. The zero-order valence-electron chi connectivity index (χ0n) is 19.5. The van der Waals surface area contributed by atoms with Gasteiger partial charge in [0.2, 0.25) is 5.75 Å². The maximum atomic E-state index is 14.3. The van der Waals surface area contributed by atoms with Gasteiger partial charge in [-0.1, -0.05) is 17.4 Å². The molecule has 1 amide bonds. The number of ether oxygens (including phenoxy) is 4. The summed E-state index contributed by atoms with van der Waals surface area (Å²) >= 11 is 1.29. The van der Waals surface area contributed by atoms with Gasteiger partial charge in [-0.2, -0.15) is 0 Å². The molecular weight excluding hydrogens is 461 g/mol. The molecule has 182 valence electrons. The van der Waals surface area contributed by atoms with Gasteiger partial charge in [-0.3, -0.25) is 14.6 Å². The quantitative estimate of drug-likeness (QED) is 0.452. The molecule has 0 N–H and O–H groups in total. The van der Waals surface area contributed by atoms with E-state index >= 15 is 0 Å². The van der Waals surface area contributed by atoms with Crippen molar-refractivity contribution in [3.05, 3.63) is 41.7 Å². The number of rotatable bonds is 9. The Bertz CT molecular complexity index is 1120. The van der Waals surface area contributed by atoms with E-state index in [1.807, 2.05) is 0 Å². The first-order chi connectivity index (χ1) is 16.5. The second-order valence-electron chi connectivity index (χ2n) is 7.76. The smallest absolute Gasteiger partial charge is 0.260 e. The summed E-state index contributed by atoms with van der Waals surface area (Å²) in [6.45, 7) is 4.41. The van der Waals surface area contributed by atoms with Gasteiger partial charge in [0.05, 0.1) is 39.2 Å². The minimum atomic E-state index is -0.409. The van der Waals surface area contributed by atoms with Gasteiger partial charge in [0, 0.05) is 31.7 Å². The number of hydrogen-bond donors (Lipinski definition) is 0. The van der Waals surface area contributed by atoms with E-state index < -0.39 is 5.82 Å². The molecule has 0 bridgehead atoms. The van der Waals surface area contributed by atoms with E-state index in [0.29, 0.717) is 52.4 Å². The Morgan fingerprint density at radius 3 is 2.47 bits per heavy atom. The molecule has 0 unspecified atom stereocenters. The maximum Gasteiger partial charge on any atom is 0.260 e. The van der Waals surface area contributed by atoms with E-state index in [1.165, 1.54) is 38.7 Å². The van der Waals surface area contributed by atoms with Gasteiger partial charge < -0.3 is 18.9 Å². The summed E-state index contributed by atoms with van der Waals surface area (Å²) in [5.41, 5.74) is 0.624. The average Bonchev–Trinajstić information content (AvgIpc) is 3.31. The molecule has 1 aliphatic heterocycles. The molecular formula is C24H28FN3O5S. The molecule has 0 saturated carbocycles. The van der Waals surface area contributed by atoms with Crippen LogP contribution < -0.4 is 19.1 Å². The molecule has 8 nitrogen and oxygen atoms in total. The number of fused-ring (bicyclic) bond motifs is 1. The van der Waals surface area contributed by atoms with Crippen LogP contribution in [0.1, 0.15) is 16.8 Å². The fraction of sp³-hybridized carbons (Fsp3) is 0.417. The number of halogens is 1. The molecule has 3 aromatic rings. The van der Waals surface area contributed by atoms with Crippen LogP contribution in [0.15, 0.2) is 30.3 Å². The zero-order chi connectivity index (χ0) is 24.1. The molecule has 0 atom stereocenters. The summed E-state index contributed by atoms with van der Waals surface area (Å²) in [7, 11) is 4.51. The van der Waals surface area contributed by atoms with Crippen molar-refractivity contribution in [1.29, 1.82) is 0 Å². The van der Waals surface area contributed by atoms with Crippen molar-refractivity contribution in [2.24, 2.45) is 0 Å². The number of carbonyl (C=O) groups is 1. The largest absolute Gasteiger partial charge is 0.493 e. The van der Waals surface area contributed by atoms with Crippen LogP contribution in [-0.4, -0.2) is 76.5 Å². The Morgan fingerprint density at radius 2 is 1.85 bits per heavy atom. The summed E-state index contributed by atoms with van der Waals surface area (Å²) < 4.78 is 36.7. The molecule has 4 rings (SSSR count). The number of carbonyl (C=O) groups excluding carboxylic acids is 1. The van der Waals surface area contributed by atoms with Crippen LogP contribution in [-0.2, 0) is 4.74 Å². The number of hydrogen-bond acceptors (Lipinski definition) is 8. The molecule has 10 heteroatoms. The Balaban J connectivity index is 1.66. The average molecular weight is 490 g/mol. The Labute approximate surface area is 201 Å². The van der Waals surface area contributed by atoms with Crippen LogP contribution in [0.25, 0.3) is 10.2 Å². The lowest BCUT2D eigenvalue weighted by Crippen LogP contribution is -2.39. The SMILES string of the molecule is COc1cc(C(=O)N(CCCN2CCOCC2)c2nc3c(F)cccc3s2)cc(OC)c1OC. The van der Waals surface area contributed by atoms with E-state index in [0.717, 1.165) is 26.1 Å². The van der Waals surface area contributed by atoms with Gasteiger partial charge in [-0.15, -0.1) is 0 Å². The molecule has 1 aliphatic rings. The third kappa shape index (κ3) is 5.08. The highest BCUT2D eigenvalue weighted by Crippen LogP contribution is 2.39. The summed E-state index contributed by atoms with van der Waals surface area (Å²) in [5, 5.41) is 0.445. The van der Waals surface area contributed by atoms with Crippen molar-refractivity contribution >= 4 is 32.6 Å². The molecule has 1 saturated heterocycles. The van der Waals surface area contributed by atoms with Gasteiger partial charge in [0.15, 0.2) is 16.6 Å². The number of methoxy groups -OCH3 is 3. The first-order valence-corrected chi connectivity index (χ1v) is 11.8. The summed E-state index contributed by atoms with van der Waals surface area (Å²) in [4.78, 5) is 22.1. The Morgan fingerprint density at radius 1 is 1.15 bits per heavy atom. The summed E-state index contributed by atoms with van der Waals surface area (Å²) in [5.74, 6) is 0.485. The van der Waals surface area contributed by atoms with Crippen LogP contribution in [0.3, 0.4) is 0 Å². The standard InChI is InChI=1S/C24H28FN3O5S/c1-30-18-14-16(15-19(31-2)22(18)32-3)23(29)28(9-5-8-27-10-12-33-13-11-27)24-26-21-17(25)6-4-7-20(21)34-24/h4,6-7,14-15H,5,8-13H2,1-3H3. The van der Waals surface area contributed by atoms with Crippen molar-refractivity contribution < 1.29 is 28.1 Å². The second kappa shape index (κ2) is 11.0. The lowest BCUT2D eigenvalue weighted by atomic mass is 10.1. The van der Waals surface area contributed by atoms with Gasteiger partial charge in [-0.25, -0.2) is 9.37 Å². The number of aromatic nitrogens is 1. The van der Waals surface area contributed by atoms with Gasteiger partial charge in [0.1, 0.15) is 11.3 Å². The number of thiazole rings is 1.